The molecule has 4 fully saturated rings. The normalized spacial score (nSPS) is 40.9. The molecule has 6 rings (SSSR count). The number of nitrogens with zero attached hydrogens (tertiary/aromatic N) is 1. The van der Waals surface area contributed by atoms with E-state index in [4.69, 9.17) is 18.9 Å². The Morgan fingerprint density at radius 1 is 1.13 bits per heavy atom. The van der Waals surface area contributed by atoms with Crippen LogP contribution in [0.25, 0.3) is 0 Å². The SMILES string of the molecule is CC1(C)OC2CC3C4CC(F)C5=CC(=O)C=CC5(C)C4(F)C(O)CC3(C)C2(C(=O)COC(=O)OCn2cc(F)c(=O)[nH]c2=O)O1. The number of ether oxygens (including phenoxy) is 4. The lowest BCUT2D eigenvalue weighted by atomic mass is 9.44. The highest BCUT2D eigenvalue weighted by atomic mass is 19.1. The second-order valence-corrected chi connectivity index (χ2v) is 13.4. The van der Waals surface area contributed by atoms with Gasteiger partial charge in [0.05, 0.1) is 18.4 Å². The molecule has 45 heavy (non-hydrogen) atoms. The topological polar surface area (TPSA) is 163 Å². The van der Waals surface area contributed by atoms with Gasteiger partial charge in [0.25, 0.3) is 5.56 Å². The van der Waals surface area contributed by atoms with Gasteiger partial charge in [-0.2, -0.15) is 4.39 Å². The van der Waals surface area contributed by atoms with E-state index >= 15 is 8.78 Å². The number of H-pyrrole nitrogens is 1. The number of hydrogen-bond acceptors (Lipinski definition) is 10. The fourth-order valence-corrected chi connectivity index (χ4v) is 8.78. The zero-order valence-electron chi connectivity index (χ0n) is 24.9. The van der Waals surface area contributed by atoms with E-state index in [1.54, 1.807) is 25.8 Å². The smallest absolute Gasteiger partial charge is 0.426 e. The van der Waals surface area contributed by atoms with Crippen molar-refractivity contribution < 1.29 is 51.6 Å². The number of alkyl halides is 2. The fourth-order valence-electron chi connectivity index (χ4n) is 8.78. The zero-order valence-corrected chi connectivity index (χ0v) is 24.9. The van der Waals surface area contributed by atoms with Crippen LogP contribution in [0.4, 0.5) is 18.0 Å². The zero-order chi connectivity index (χ0) is 32.9. The Morgan fingerprint density at radius 2 is 1.84 bits per heavy atom. The largest absolute Gasteiger partial charge is 0.510 e. The van der Waals surface area contributed by atoms with E-state index in [0.29, 0.717) is 10.8 Å². The first kappa shape index (κ1) is 31.4. The number of aliphatic hydroxyl groups is 1. The maximum atomic E-state index is 17.5. The van der Waals surface area contributed by atoms with Crippen molar-refractivity contribution in [3.63, 3.8) is 0 Å². The van der Waals surface area contributed by atoms with Crippen LogP contribution in [-0.2, 0) is 35.3 Å². The summed E-state index contributed by atoms with van der Waals surface area (Å²) in [4.78, 5) is 63.2. The molecule has 0 amide bonds. The van der Waals surface area contributed by atoms with Crippen LogP contribution < -0.4 is 11.2 Å². The van der Waals surface area contributed by atoms with Gasteiger partial charge in [0.1, 0.15) is 6.17 Å². The number of rotatable bonds is 5. The molecule has 244 valence electrons. The number of allylic oxidation sites excluding steroid dienone is 4. The Hall–Kier alpha value is -3.56. The molecule has 2 heterocycles. The number of fused-ring (bicyclic) bond motifs is 7. The molecule has 12 nitrogen and oxygen atoms in total. The molecule has 1 aliphatic heterocycles. The summed E-state index contributed by atoms with van der Waals surface area (Å²) in [5, 5.41) is 11.6. The van der Waals surface area contributed by atoms with Gasteiger partial charge in [0.2, 0.25) is 11.6 Å². The van der Waals surface area contributed by atoms with Gasteiger partial charge in [-0.1, -0.05) is 13.0 Å². The van der Waals surface area contributed by atoms with Crippen molar-refractivity contribution in [3.05, 3.63) is 56.7 Å². The van der Waals surface area contributed by atoms with E-state index in [-0.39, 0.29) is 24.8 Å². The molecular weight excluding hydrogens is 605 g/mol. The third-order valence-corrected chi connectivity index (χ3v) is 10.6. The van der Waals surface area contributed by atoms with Gasteiger partial charge >= 0.3 is 11.8 Å². The van der Waals surface area contributed by atoms with Gasteiger partial charge in [-0.15, -0.1) is 0 Å². The first-order valence-electron chi connectivity index (χ1n) is 14.6. The average Bonchev–Trinajstić information content (AvgIpc) is 3.37. The van der Waals surface area contributed by atoms with E-state index in [2.05, 4.69) is 0 Å². The Balaban J connectivity index is 1.27. The van der Waals surface area contributed by atoms with Gasteiger partial charge in [-0.05, 0) is 63.7 Å². The molecular formula is C30H33F3N2O10. The molecule has 9 atom stereocenters. The lowest BCUT2D eigenvalue weighted by Crippen LogP contribution is -2.71. The fraction of sp³-hybridized carbons (Fsp3) is 0.633. The van der Waals surface area contributed by atoms with Crippen molar-refractivity contribution >= 4 is 17.7 Å². The van der Waals surface area contributed by atoms with Crippen LogP contribution in [0.1, 0.15) is 47.0 Å². The summed E-state index contributed by atoms with van der Waals surface area (Å²) in [6.45, 7) is 4.52. The summed E-state index contributed by atoms with van der Waals surface area (Å²) < 4.78 is 69.6. The predicted molar refractivity (Wildman–Crippen MR) is 146 cm³/mol. The minimum atomic E-state index is -2.39. The monoisotopic (exact) mass is 638 g/mol. The summed E-state index contributed by atoms with van der Waals surface area (Å²) in [5.74, 6) is -5.67. The van der Waals surface area contributed by atoms with Gasteiger partial charge < -0.3 is 24.1 Å². The van der Waals surface area contributed by atoms with E-state index < -0.39 is 106 Å². The highest BCUT2D eigenvalue weighted by Crippen LogP contribution is 2.72. The number of carbonyl (C=O) groups excluding carboxylic acids is 3. The lowest BCUT2D eigenvalue weighted by Gasteiger charge is -2.63. The Bertz CT molecular complexity index is 1670. The highest BCUT2D eigenvalue weighted by molar-refractivity contribution is 6.01. The van der Waals surface area contributed by atoms with Crippen LogP contribution in [0, 0.1) is 28.5 Å². The molecule has 2 N–H and O–H groups in total. The second-order valence-electron chi connectivity index (χ2n) is 13.4. The predicted octanol–water partition coefficient (Wildman–Crippen LogP) is 2.17. The Morgan fingerprint density at radius 3 is 2.56 bits per heavy atom. The second kappa shape index (κ2) is 9.97. The molecule has 0 spiro atoms. The number of halogens is 3. The minimum Gasteiger partial charge on any atom is -0.426 e. The number of aromatic amines is 1. The van der Waals surface area contributed by atoms with E-state index in [0.717, 1.165) is 6.08 Å². The number of hydrogen-bond donors (Lipinski definition) is 2. The molecule has 0 aromatic carbocycles. The van der Waals surface area contributed by atoms with Crippen molar-refractivity contribution in [1.82, 2.24) is 9.55 Å². The molecule has 0 bridgehead atoms. The summed E-state index contributed by atoms with van der Waals surface area (Å²) in [7, 11) is 0. The Kier molecular flexibility index (Phi) is 6.96. The molecule has 15 heteroatoms. The van der Waals surface area contributed by atoms with E-state index in [9.17, 15) is 33.5 Å². The number of carbonyl (C=O) groups is 3. The number of Topliss-reactive ketones (excluding diaryl/α,β-unsaturated/α-hetero) is 1. The molecule has 1 aromatic rings. The van der Waals surface area contributed by atoms with Crippen LogP contribution in [0.2, 0.25) is 0 Å². The lowest BCUT2D eigenvalue weighted by molar-refractivity contribution is -0.249. The van der Waals surface area contributed by atoms with Crippen LogP contribution >= 0.6 is 0 Å². The highest BCUT2D eigenvalue weighted by Gasteiger charge is 2.80. The molecule has 4 aliphatic carbocycles. The third kappa shape index (κ3) is 4.26. The maximum Gasteiger partial charge on any atom is 0.510 e. The van der Waals surface area contributed by atoms with Gasteiger partial charge in [0.15, 0.2) is 36.2 Å². The number of aromatic nitrogens is 2. The van der Waals surface area contributed by atoms with E-state index in [1.165, 1.54) is 19.1 Å². The minimum absolute atomic E-state index is 0.0345. The van der Waals surface area contributed by atoms with Crippen molar-refractivity contribution in [3.8, 4) is 0 Å². The van der Waals surface area contributed by atoms with Gasteiger partial charge in [-0.3, -0.25) is 23.9 Å². The number of nitrogens with one attached hydrogen (secondary N) is 1. The first-order valence-corrected chi connectivity index (χ1v) is 14.6. The van der Waals surface area contributed by atoms with Gasteiger partial charge in [0, 0.05) is 16.7 Å². The molecule has 1 saturated heterocycles. The summed E-state index contributed by atoms with van der Waals surface area (Å²) in [6.07, 6.45) is -2.22. The molecule has 9 unspecified atom stereocenters. The standard InChI is InChI=1S/C30H33F3N2O10/c1-26(2)44-22-9-15-16-8-18(31)17-7-14(36)5-6-27(17,3)29(16,33)20(37)10-28(15,4)30(22,45-26)21(38)12-42-25(41)43-13-35-11-19(32)23(39)34-24(35)40/h5-7,11,15-16,18,20,22,37H,8-10,12-13H2,1-4H3,(H,34,39,40). The average molecular weight is 639 g/mol. The molecule has 5 aliphatic rings. The Labute approximate surface area is 254 Å². The molecule has 0 radical (unpaired) electrons. The molecule has 3 saturated carbocycles. The van der Waals surface area contributed by atoms with Crippen LogP contribution in [0.3, 0.4) is 0 Å². The quantitative estimate of drug-likeness (QED) is 0.457. The summed E-state index contributed by atoms with van der Waals surface area (Å²) >= 11 is 0. The summed E-state index contributed by atoms with van der Waals surface area (Å²) in [5.41, 5.74) is -9.52. The van der Waals surface area contributed by atoms with Crippen molar-refractivity contribution in [2.75, 3.05) is 6.61 Å². The third-order valence-electron chi connectivity index (χ3n) is 10.6. The maximum absolute atomic E-state index is 17.5. The van der Waals surface area contributed by atoms with Crippen LogP contribution in [0.5, 0.6) is 0 Å². The molecule has 1 aromatic heterocycles. The first-order chi connectivity index (χ1) is 20.9. The van der Waals surface area contributed by atoms with E-state index in [1.807, 2.05) is 0 Å². The number of ketones is 2. The number of aliphatic hydroxyl groups excluding tert-OH is 1. The van der Waals surface area contributed by atoms with Crippen molar-refractivity contribution in [1.29, 1.82) is 0 Å². The van der Waals surface area contributed by atoms with Gasteiger partial charge in [-0.25, -0.2) is 18.4 Å². The van der Waals surface area contributed by atoms with Crippen molar-refractivity contribution in [2.24, 2.45) is 22.7 Å². The van der Waals surface area contributed by atoms with Crippen molar-refractivity contribution in [2.45, 2.75) is 89.1 Å². The van der Waals surface area contributed by atoms with Crippen LogP contribution in [-0.4, -0.2) is 74.4 Å². The van der Waals surface area contributed by atoms with Crippen LogP contribution in [0.15, 0.2) is 39.6 Å². The summed E-state index contributed by atoms with van der Waals surface area (Å²) in [6, 6.07) is 0.